The fraction of sp³-hybridized carbons (Fsp3) is 0.778. The smallest absolute Gasteiger partial charge is 0.317 e. The molecule has 0 saturated carbocycles. The Morgan fingerprint density at radius 1 is 1.50 bits per heavy atom. The normalized spacial score (nSPS) is 22.6. The van der Waals surface area contributed by atoms with Gasteiger partial charge >= 0.3 is 11.9 Å². The van der Waals surface area contributed by atoms with Crippen LogP contribution in [0.25, 0.3) is 0 Å². The molecular weight excluding hydrogens is 311 g/mol. The number of halogens is 1. The molecule has 1 rings (SSSR count). The first-order valence-corrected chi connectivity index (χ1v) is 11.1. The molecule has 1 aliphatic heterocycles. The Kier molecular flexibility index (Phi) is 4.11. The number of cyclic esters (lactones) is 2. The molecule has 1 unspecified atom stereocenters. The Morgan fingerprint density at radius 2 is 2.14 bits per heavy atom. The van der Waals surface area contributed by atoms with Crippen LogP contribution in [0.2, 0.25) is 19.1 Å². The molecule has 3 nitrogen and oxygen atoms in total. The predicted octanol–water partition coefficient (Wildman–Crippen LogP) is 2.50. The third-order valence-corrected chi connectivity index (χ3v) is 5.45. The SMILES string of the molecule is C[Si](C)(I)CCCC1CC(=O)OC1=O. The highest BCUT2D eigenvalue weighted by Gasteiger charge is 2.33. The third-order valence-electron chi connectivity index (χ3n) is 2.28. The number of carbonyl (C=O) groups excluding carboxylic acids is 2. The van der Waals surface area contributed by atoms with Crippen LogP contribution in [0.1, 0.15) is 19.3 Å². The molecular formula is C9H15IO3Si. The van der Waals surface area contributed by atoms with E-state index in [1.807, 2.05) is 0 Å². The number of esters is 2. The minimum Gasteiger partial charge on any atom is -0.393 e. The van der Waals surface area contributed by atoms with Crippen LogP contribution in [0.5, 0.6) is 0 Å². The minimum atomic E-state index is -1.04. The van der Waals surface area contributed by atoms with E-state index >= 15 is 0 Å². The zero-order chi connectivity index (χ0) is 10.8. The summed E-state index contributed by atoms with van der Waals surface area (Å²) in [5.74, 6) is -0.829. The average molecular weight is 326 g/mol. The molecule has 0 aromatic heterocycles. The van der Waals surface area contributed by atoms with Crippen molar-refractivity contribution in [3.05, 3.63) is 0 Å². The Hall–Kier alpha value is 0.0869. The van der Waals surface area contributed by atoms with Gasteiger partial charge in [-0.3, -0.25) is 9.59 Å². The molecule has 1 atom stereocenters. The standard InChI is InChI=1S/C9H15IO3Si/c1-14(2,10)5-3-4-7-6-8(11)13-9(7)12/h7H,3-6H2,1-2H3. The van der Waals surface area contributed by atoms with Gasteiger partial charge in [0.2, 0.25) is 0 Å². The maximum atomic E-state index is 11.1. The molecule has 1 heterocycles. The Balaban J connectivity index is 2.26. The molecule has 5 heteroatoms. The Morgan fingerprint density at radius 3 is 2.57 bits per heavy atom. The second kappa shape index (κ2) is 4.74. The van der Waals surface area contributed by atoms with Gasteiger partial charge in [-0.15, -0.1) is 21.8 Å². The van der Waals surface area contributed by atoms with Crippen molar-refractivity contribution in [2.75, 3.05) is 0 Å². The fourth-order valence-corrected chi connectivity index (χ4v) is 3.70. The van der Waals surface area contributed by atoms with Crippen LogP contribution in [0, 0.1) is 5.92 Å². The van der Waals surface area contributed by atoms with Crippen molar-refractivity contribution in [3.8, 4) is 0 Å². The van der Waals surface area contributed by atoms with E-state index in [0.29, 0.717) is 6.42 Å². The van der Waals surface area contributed by atoms with Crippen LogP contribution in [0.4, 0.5) is 0 Å². The van der Waals surface area contributed by atoms with E-state index in [4.69, 9.17) is 0 Å². The van der Waals surface area contributed by atoms with Crippen LogP contribution in [-0.4, -0.2) is 17.5 Å². The summed E-state index contributed by atoms with van der Waals surface area (Å²) in [4.78, 5) is 21.9. The van der Waals surface area contributed by atoms with E-state index in [2.05, 4.69) is 39.6 Å². The second-order valence-electron chi connectivity index (χ2n) is 4.31. The lowest BCUT2D eigenvalue weighted by Gasteiger charge is -2.13. The van der Waals surface area contributed by atoms with Gasteiger partial charge in [0.1, 0.15) is 5.57 Å². The zero-order valence-electron chi connectivity index (χ0n) is 8.51. The van der Waals surface area contributed by atoms with Crippen LogP contribution in [0.15, 0.2) is 0 Å². The maximum Gasteiger partial charge on any atom is 0.317 e. The van der Waals surface area contributed by atoms with Crippen molar-refractivity contribution < 1.29 is 14.3 Å². The summed E-state index contributed by atoms with van der Waals surface area (Å²) >= 11 is 2.53. The number of hydrogen-bond donors (Lipinski definition) is 0. The number of carbonyl (C=O) groups is 2. The highest BCUT2D eigenvalue weighted by atomic mass is 127. The summed E-state index contributed by atoms with van der Waals surface area (Å²) in [6.45, 7) is 4.59. The fourth-order valence-electron chi connectivity index (χ4n) is 1.51. The Bertz CT molecular complexity index is 247. The van der Waals surface area contributed by atoms with Crippen molar-refractivity contribution in [2.45, 2.75) is 38.4 Å². The van der Waals surface area contributed by atoms with Gasteiger partial charge in [0.05, 0.1) is 12.3 Å². The lowest BCUT2D eigenvalue weighted by atomic mass is 10.0. The highest BCUT2D eigenvalue weighted by Crippen LogP contribution is 2.26. The van der Waals surface area contributed by atoms with Crippen molar-refractivity contribution in [2.24, 2.45) is 5.92 Å². The first-order valence-electron chi connectivity index (χ1n) is 4.82. The van der Waals surface area contributed by atoms with Crippen LogP contribution in [0.3, 0.4) is 0 Å². The summed E-state index contributed by atoms with van der Waals surface area (Å²) in [5.41, 5.74) is -1.04. The monoisotopic (exact) mass is 326 g/mol. The van der Waals surface area contributed by atoms with Gasteiger partial charge in [-0.25, -0.2) is 0 Å². The molecule has 1 aliphatic rings. The second-order valence-corrected chi connectivity index (χ2v) is 17.0. The van der Waals surface area contributed by atoms with Gasteiger partial charge in [0.15, 0.2) is 0 Å². The van der Waals surface area contributed by atoms with E-state index in [1.54, 1.807) is 0 Å². The van der Waals surface area contributed by atoms with E-state index in [9.17, 15) is 9.59 Å². The molecule has 80 valence electrons. The van der Waals surface area contributed by atoms with E-state index in [1.165, 1.54) is 6.04 Å². The molecule has 0 aromatic carbocycles. The zero-order valence-corrected chi connectivity index (χ0v) is 11.7. The summed E-state index contributed by atoms with van der Waals surface area (Å²) < 4.78 is 4.49. The molecule has 0 radical (unpaired) electrons. The topological polar surface area (TPSA) is 43.4 Å². The van der Waals surface area contributed by atoms with Crippen LogP contribution in [-0.2, 0) is 14.3 Å². The van der Waals surface area contributed by atoms with Gasteiger partial charge in [0.25, 0.3) is 0 Å². The predicted molar refractivity (Wildman–Crippen MR) is 64.7 cm³/mol. The first kappa shape index (κ1) is 12.2. The van der Waals surface area contributed by atoms with Crippen molar-refractivity contribution >= 4 is 39.3 Å². The molecule has 0 aromatic rings. The average Bonchev–Trinajstić information content (AvgIpc) is 2.27. The summed E-state index contributed by atoms with van der Waals surface area (Å²) in [7, 11) is 0. The summed E-state index contributed by atoms with van der Waals surface area (Å²) in [6.07, 6.45) is 2.14. The number of hydrogen-bond acceptors (Lipinski definition) is 3. The van der Waals surface area contributed by atoms with Gasteiger partial charge in [-0.05, 0) is 12.5 Å². The molecule has 0 spiro atoms. The van der Waals surface area contributed by atoms with Gasteiger partial charge in [0, 0.05) is 0 Å². The first-order chi connectivity index (χ1) is 6.38. The number of ether oxygens (including phenoxy) is 1. The molecule has 14 heavy (non-hydrogen) atoms. The Labute approximate surface area is 97.8 Å². The van der Waals surface area contributed by atoms with E-state index in [-0.39, 0.29) is 17.9 Å². The number of rotatable bonds is 4. The van der Waals surface area contributed by atoms with Crippen molar-refractivity contribution in [1.82, 2.24) is 0 Å². The van der Waals surface area contributed by atoms with E-state index in [0.717, 1.165) is 12.8 Å². The van der Waals surface area contributed by atoms with Crippen molar-refractivity contribution in [3.63, 3.8) is 0 Å². The highest BCUT2D eigenvalue weighted by molar-refractivity contribution is 14.1. The van der Waals surface area contributed by atoms with Gasteiger partial charge in [-0.1, -0.05) is 19.5 Å². The summed E-state index contributed by atoms with van der Waals surface area (Å²) in [6, 6.07) is 1.20. The molecule has 0 bridgehead atoms. The molecule has 0 amide bonds. The van der Waals surface area contributed by atoms with Crippen LogP contribution >= 0.6 is 21.8 Å². The lowest BCUT2D eigenvalue weighted by molar-refractivity contribution is -0.153. The minimum absolute atomic E-state index is 0.157. The third kappa shape index (κ3) is 4.08. The maximum absolute atomic E-state index is 11.1. The molecule has 0 aliphatic carbocycles. The quantitative estimate of drug-likeness (QED) is 0.262. The summed E-state index contributed by atoms with van der Waals surface area (Å²) in [5, 5.41) is 0. The van der Waals surface area contributed by atoms with Gasteiger partial charge in [-0.2, -0.15) is 0 Å². The van der Waals surface area contributed by atoms with Gasteiger partial charge < -0.3 is 4.74 Å². The van der Waals surface area contributed by atoms with Crippen LogP contribution < -0.4 is 0 Å². The van der Waals surface area contributed by atoms with Crippen molar-refractivity contribution in [1.29, 1.82) is 0 Å². The molecule has 1 fully saturated rings. The largest absolute Gasteiger partial charge is 0.393 e. The lowest BCUT2D eigenvalue weighted by Crippen LogP contribution is -2.15. The molecule has 1 saturated heterocycles. The van der Waals surface area contributed by atoms with E-state index < -0.39 is 5.57 Å². The molecule has 0 N–H and O–H groups in total.